The summed E-state index contributed by atoms with van der Waals surface area (Å²) in [5, 5.41) is 0. The Bertz CT molecular complexity index is 487. The standard InChI is InChI=1S/C15H22N2O4/c1-11(15(18)17-5-7-20-8-6-17)21-14-4-3-13(19-2)9-12(14)10-16/h3-4,9,11H,5-8,10,16H2,1-2H3. The lowest BCUT2D eigenvalue weighted by Gasteiger charge is -2.29. The van der Waals surface area contributed by atoms with Gasteiger partial charge >= 0.3 is 0 Å². The molecule has 0 spiro atoms. The van der Waals surface area contributed by atoms with Gasteiger partial charge < -0.3 is 24.8 Å². The second-order valence-corrected chi connectivity index (χ2v) is 4.88. The van der Waals surface area contributed by atoms with Crippen LogP contribution in [0, 0.1) is 0 Å². The summed E-state index contributed by atoms with van der Waals surface area (Å²) < 4.78 is 16.2. The van der Waals surface area contributed by atoms with Gasteiger partial charge in [-0.15, -0.1) is 0 Å². The SMILES string of the molecule is COc1ccc(OC(C)C(=O)N2CCOCC2)c(CN)c1. The molecule has 0 bridgehead atoms. The zero-order valence-electron chi connectivity index (χ0n) is 12.5. The first-order valence-electron chi connectivity index (χ1n) is 7.06. The summed E-state index contributed by atoms with van der Waals surface area (Å²) in [6.45, 7) is 4.45. The first-order valence-corrected chi connectivity index (χ1v) is 7.06. The van der Waals surface area contributed by atoms with Crippen molar-refractivity contribution in [3.8, 4) is 11.5 Å². The van der Waals surface area contributed by atoms with E-state index in [-0.39, 0.29) is 5.91 Å². The Morgan fingerprint density at radius 1 is 1.43 bits per heavy atom. The number of amides is 1. The molecule has 1 atom stereocenters. The van der Waals surface area contributed by atoms with E-state index in [9.17, 15) is 4.79 Å². The van der Waals surface area contributed by atoms with E-state index < -0.39 is 6.10 Å². The summed E-state index contributed by atoms with van der Waals surface area (Å²) in [5.41, 5.74) is 6.54. The quantitative estimate of drug-likeness (QED) is 0.868. The van der Waals surface area contributed by atoms with E-state index in [0.29, 0.717) is 38.6 Å². The highest BCUT2D eigenvalue weighted by Crippen LogP contribution is 2.25. The maximum Gasteiger partial charge on any atom is 0.263 e. The van der Waals surface area contributed by atoms with Crippen molar-refractivity contribution in [3.05, 3.63) is 23.8 Å². The van der Waals surface area contributed by atoms with Crippen molar-refractivity contribution >= 4 is 5.91 Å². The summed E-state index contributed by atoms with van der Waals surface area (Å²) in [6.07, 6.45) is -0.554. The fourth-order valence-electron chi connectivity index (χ4n) is 2.24. The molecule has 1 aliphatic rings. The Morgan fingerprint density at radius 2 is 2.14 bits per heavy atom. The highest BCUT2D eigenvalue weighted by Gasteiger charge is 2.24. The molecule has 21 heavy (non-hydrogen) atoms. The molecule has 2 N–H and O–H groups in total. The number of morpholine rings is 1. The van der Waals surface area contributed by atoms with Crippen molar-refractivity contribution in [3.63, 3.8) is 0 Å². The van der Waals surface area contributed by atoms with Gasteiger partial charge in [-0.1, -0.05) is 0 Å². The van der Waals surface area contributed by atoms with Crippen LogP contribution in [0.5, 0.6) is 11.5 Å². The normalized spacial score (nSPS) is 16.4. The zero-order valence-corrected chi connectivity index (χ0v) is 12.5. The van der Waals surface area contributed by atoms with Gasteiger partial charge in [0.1, 0.15) is 11.5 Å². The van der Waals surface area contributed by atoms with E-state index in [1.807, 2.05) is 6.07 Å². The molecule has 0 radical (unpaired) electrons. The van der Waals surface area contributed by atoms with Gasteiger partial charge in [-0.25, -0.2) is 0 Å². The molecule has 1 aromatic carbocycles. The molecule has 0 saturated carbocycles. The molecular weight excluding hydrogens is 272 g/mol. The number of nitrogens with zero attached hydrogens (tertiary/aromatic N) is 1. The Kier molecular flexibility index (Phi) is 5.41. The number of rotatable bonds is 5. The molecule has 1 saturated heterocycles. The van der Waals surface area contributed by atoms with E-state index in [2.05, 4.69) is 0 Å². The predicted octanol–water partition coefficient (Wildman–Crippen LogP) is 0.780. The number of carbonyl (C=O) groups excluding carboxylic acids is 1. The van der Waals surface area contributed by atoms with Crippen LogP contribution < -0.4 is 15.2 Å². The van der Waals surface area contributed by atoms with Crippen LogP contribution in [-0.4, -0.2) is 50.3 Å². The Labute approximate surface area is 124 Å². The summed E-state index contributed by atoms with van der Waals surface area (Å²) in [4.78, 5) is 14.1. The van der Waals surface area contributed by atoms with Gasteiger partial charge in [0, 0.05) is 25.2 Å². The third-order valence-corrected chi connectivity index (χ3v) is 3.46. The summed E-state index contributed by atoms with van der Waals surface area (Å²) in [5.74, 6) is 1.31. The monoisotopic (exact) mass is 294 g/mol. The molecule has 1 aromatic rings. The van der Waals surface area contributed by atoms with E-state index in [4.69, 9.17) is 19.9 Å². The summed E-state index contributed by atoms with van der Waals surface area (Å²) in [6, 6.07) is 5.39. The van der Waals surface area contributed by atoms with Gasteiger partial charge in [0.05, 0.1) is 20.3 Å². The number of ether oxygens (including phenoxy) is 3. The molecule has 2 rings (SSSR count). The van der Waals surface area contributed by atoms with Gasteiger partial charge in [-0.2, -0.15) is 0 Å². The summed E-state index contributed by atoms with van der Waals surface area (Å²) >= 11 is 0. The lowest BCUT2D eigenvalue weighted by molar-refractivity contribution is -0.142. The van der Waals surface area contributed by atoms with Crippen LogP contribution in [0.3, 0.4) is 0 Å². The number of carbonyl (C=O) groups is 1. The number of benzene rings is 1. The molecule has 1 aliphatic heterocycles. The first kappa shape index (κ1) is 15.6. The predicted molar refractivity (Wildman–Crippen MR) is 78.4 cm³/mol. The van der Waals surface area contributed by atoms with Crippen molar-refractivity contribution in [2.24, 2.45) is 5.73 Å². The minimum absolute atomic E-state index is 0.0305. The largest absolute Gasteiger partial charge is 0.497 e. The molecule has 6 nitrogen and oxygen atoms in total. The average molecular weight is 294 g/mol. The maximum absolute atomic E-state index is 12.3. The number of hydrogen-bond donors (Lipinski definition) is 1. The van der Waals surface area contributed by atoms with E-state index in [0.717, 1.165) is 11.3 Å². The molecule has 6 heteroatoms. The Balaban J connectivity index is 2.04. The van der Waals surface area contributed by atoms with Crippen LogP contribution in [0.2, 0.25) is 0 Å². The van der Waals surface area contributed by atoms with Crippen LogP contribution in [0.1, 0.15) is 12.5 Å². The van der Waals surface area contributed by atoms with E-state index in [1.54, 1.807) is 31.1 Å². The Hall–Kier alpha value is -1.79. The van der Waals surface area contributed by atoms with Crippen molar-refractivity contribution < 1.29 is 19.0 Å². The van der Waals surface area contributed by atoms with Gasteiger partial charge in [-0.05, 0) is 25.1 Å². The van der Waals surface area contributed by atoms with E-state index in [1.165, 1.54) is 0 Å². The number of hydrogen-bond acceptors (Lipinski definition) is 5. The lowest BCUT2D eigenvalue weighted by atomic mass is 10.2. The molecular formula is C15H22N2O4. The zero-order chi connectivity index (χ0) is 15.2. The average Bonchev–Trinajstić information content (AvgIpc) is 2.55. The van der Waals surface area contributed by atoms with Crippen molar-refractivity contribution in [1.29, 1.82) is 0 Å². The van der Waals surface area contributed by atoms with Gasteiger partial charge in [0.25, 0.3) is 5.91 Å². The lowest BCUT2D eigenvalue weighted by Crippen LogP contribution is -2.46. The molecule has 1 heterocycles. The van der Waals surface area contributed by atoms with Crippen LogP contribution in [0.4, 0.5) is 0 Å². The second kappa shape index (κ2) is 7.28. The van der Waals surface area contributed by atoms with Gasteiger partial charge in [0.15, 0.2) is 6.10 Å². The smallest absolute Gasteiger partial charge is 0.263 e. The highest BCUT2D eigenvalue weighted by molar-refractivity contribution is 5.81. The fraction of sp³-hybridized carbons (Fsp3) is 0.533. The number of methoxy groups -OCH3 is 1. The molecule has 1 unspecified atom stereocenters. The van der Waals surface area contributed by atoms with Crippen LogP contribution in [0.15, 0.2) is 18.2 Å². The molecule has 116 valence electrons. The molecule has 0 aromatic heterocycles. The van der Waals surface area contributed by atoms with Crippen molar-refractivity contribution in [1.82, 2.24) is 4.90 Å². The third-order valence-electron chi connectivity index (χ3n) is 3.46. The number of nitrogens with two attached hydrogens (primary N) is 1. The minimum Gasteiger partial charge on any atom is -0.497 e. The van der Waals surface area contributed by atoms with Gasteiger partial charge in [-0.3, -0.25) is 4.79 Å². The maximum atomic E-state index is 12.3. The van der Waals surface area contributed by atoms with Crippen molar-refractivity contribution in [2.45, 2.75) is 19.6 Å². The molecule has 1 amide bonds. The van der Waals surface area contributed by atoms with Gasteiger partial charge in [0.2, 0.25) is 0 Å². The summed E-state index contributed by atoms with van der Waals surface area (Å²) in [7, 11) is 1.60. The van der Waals surface area contributed by atoms with Crippen LogP contribution >= 0.6 is 0 Å². The second-order valence-electron chi connectivity index (χ2n) is 4.88. The Morgan fingerprint density at radius 3 is 2.76 bits per heavy atom. The fourth-order valence-corrected chi connectivity index (χ4v) is 2.24. The van der Waals surface area contributed by atoms with Crippen LogP contribution in [0.25, 0.3) is 0 Å². The third kappa shape index (κ3) is 3.86. The van der Waals surface area contributed by atoms with Crippen LogP contribution in [-0.2, 0) is 16.1 Å². The first-order chi connectivity index (χ1) is 10.2. The topological polar surface area (TPSA) is 74.0 Å². The molecule has 0 aliphatic carbocycles. The van der Waals surface area contributed by atoms with Crippen molar-refractivity contribution in [2.75, 3.05) is 33.4 Å². The molecule has 1 fully saturated rings. The van der Waals surface area contributed by atoms with E-state index >= 15 is 0 Å². The highest BCUT2D eigenvalue weighted by atomic mass is 16.5. The minimum atomic E-state index is -0.554.